The summed E-state index contributed by atoms with van der Waals surface area (Å²) in [5.41, 5.74) is 0. The summed E-state index contributed by atoms with van der Waals surface area (Å²) >= 11 is 0. The Hall–Kier alpha value is 0.682. The van der Waals surface area contributed by atoms with E-state index in [0.717, 1.165) is 32.1 Å². The Labute approximate surface area is 193 Å². The van der Waals surface area contributed by atoms with Gasteiger partial charge in [-0.3, -0.25) is 0 Å². The van der Waals surface area contributed by atoms with Crippen molar-refractivity contribution in [2.45, 2.75) is 142 Å². The van der Waals surface area contributed by atoms with Crippen LogP contribution in [0.5, 0.6) is 0 Å². The van der Waals surface area contributed by atoms with E-state index in [-0.39, 0.29) is 23.5 Å². The second kappa shape index (κ2) is 24.9. The number of rotatable bonds is 23. The van der Waals surface area contributed by atoms with Crippen LogP contribution in [0.3, 0.4) is 0 Å². The van der Waals surface area contributed by atoms with Gasteiger partial charge in [0.15, 0.2) is 0 Å². The molecule has 0 rings (SSSR count). The summed E-state index contributed by atoms with van der Waals surface area (Å²) in [5.74, 6) is 0. The molecule has 0 aromatic rings. The molecule has 0 radical (unpaired) electrons. The zero-order chi connectivity index (χ0) is 20.8. The second-order valence-corrected chi connectivity index (χ2v) is 10.5. The zero-order valence-electron chi connectivity index (χ0n) is 19.6. The zero-order valence-corrected chi connectivity index (χ0v) is 21.8. The van der Waals surface area contributed by atoms with E-state index in [1.807, 2.05) is 0 Å². The van der Waals surface area contributed by atoms with Crippen LogP contribution in [-0.4, -0.2) is 12.8 Å². The monoisotopic (exact) mass is 469 g/mol. The maximum absolute atomic E-state index is 11.9. The molecule has 0 saturated carbocycles. The van der Waals surface area contributed by atoms with Crippen LogP contribution in [0.2, 0.25) is 0 Å². The van der Waals surface area contributed by atoms with Gasteiger partial charge in [0.1, 0.15) is 7.60 Å². The molecule has 0 N–H and O–H groups in total. The predicted octanol–water partition coefficient (Wildman–Crippen LogP) is 8.40. The van der Waals surface area contributed by atoms with Crippen molar-refractivity contribution in [3.05, 3.63) is 0 Å². The van der Waals surface area contributed by atoms with Crippen LogP contribution in [0.4, 0.5) is 0 Å². The Balaban J connectivity index is 0. The topological polar surface area (TPSA) is 49.4 Å². The summed E-state index contributed by atoms with van der Waals surface area (Å²) in [6, 6.07) is 0. The molecule has 3 nitrogen and oxygen atoms in total. The van der Waals surface area contributed by atoms with Gasteiger partial charge in [-0.15, -0.1) is 0 Å². The first-order chi connectivity index (χ1) is 13.6. The van der Waals surface area contributed by atoms with Crippen LogP contribution < -0.4 is 4.89 Å². The average molecular weight is 470 g/mol. The molecule has 0 heterocycles. The molecule has 174 valence electrons. The minimum atomic E-state index is -3.59. The molecule has 0 spiro atoms. The van der Waals surface area contributed by atoms with Crippen molar-refractivity contribution in [3.63, 3.8) is 0 Å². The van der Waals surface area contributed by atoms with Gasteiger partial charge in [0.25, 0.3) is 0 Å². The van der Waals surface area contributed by atoms with E-state index in [1.165, 1.54) is 96.3 Å². The van der Waals surface area contributed by atoms with E-state index in [1.54, 1.807) is 0 Å². The summed E-state index contributed by atoms with van der Waals surface area (Å²) in [6.07, 6.45) is 25.0. The van der Waals surface area contributed by atoms with E-state index < -0.39 is 7.60 Å². The first-order valence-corrected chi connectivity index (χ1v) is 14.3. The van der Waals surface area contributed by atoms with Crippen LogP contribution in [0.25, 0.3) is 0 Å². The fourth-order valence-corrected chi connectivity index (χ4v) is 4.80. The number of hydrogen-bond acceptors (Lipinski definition) is 3. The van der Waals surface area contributed by atoms with Gasteiger partial charge in [0.2, 0.25) is 0 Å². The van der Waals surface area contributed by atoms with Gasteiger partial charge >= 0.3 is 17.4 Å². The minimum Gasteiger partial charge on any atom is -0.778 e. The molecule has 0 aliphatic heterocycles. The molecule has 0 bridgehead atoms. The predicted molar refractivity (Wildman–Crippen MR) is 122 cm³/mol. The standard InChI is InChI=1S/C24H51O3P.Cr/c1-3-5-7-9-11-13-15-17-19-21-23-27-28(25,26)24-22-20-18-16-14-12-10-8-6-4-2;/h3-24H2,1-2H3,(H,25,26);/q;+2/p-1. The molecule has 5 heteroatoms. The number of hydrogen-bond donors (Lipinski definition) is 0. The van der Waals surface area contributed by atoms with Gasteiger partial charge in [-0.05, 0) is 12.8 Å². The molecule has 1 unspecified atom stereocenters. The molecule has 0 amide bonds. The summed E-state index contributed by atoms with van der Waals surface area (Å²) in [5, 5.41) is 0. The van der Waals surface area contributed by atoms with E-state index in [2.05, 4.69) is 13.8 Å². The Morgan fingerprint density at radius 1 is 0.552 bits per heavy atom. The third-order valence-electron chi connectivity index (χ3n) is 5.57. The largest absolute Gasteiger partial charge is 2.00 e. The molecular formula is C24H50CrO3P+. The Morgan fingerprint density at radius 2 is 0.862 bits per heavy atom. The normalized spacial score (nSPS) is 13.2. The van der Waals surface area contributed by atoms with Gasteiger partial charge in [-0.25, -0.2) is 0 Å². The van der Waals surface area contributed by atoms with Crippen LogP contribution in [-0.2, 0) is 26.4 Å². The van der Waals surface area contributed by atoms with Gasteiger partial charge in [0, 0.05) is 6.16 Å². The molecule has 0 aromatic heterocycles. The molecular weight excluding hydrogens is 419 g/mol. The molecule has 0 aliphatic carbocycles. The Kier molecular flexibility index (Phi) is 27.4. The van der Waals surface area contributed by atoms with Crippen molar-refractivity contribution in [2.24, 2.45) is 0 Å². The summed E-state index contributed by atoms with van der Waals surface area (Å²) in [4.78, 5) is 11.9. The third-order valence-corrected chi connectivity index (χ3v) is 7.01. The maximum atomic E-state index is 11.9. The van der Waals surface area contributed by atoms with Gasteiger partial charge in [-0.1, -0.05) is 129 Å². The fourth-order valence-electron chi connectivity index (χ4n) is 3.65. The molecule has 0 aromatic carbocycles. The first kappa shape index (κ1) is 31.9. The minimum absolute atomic E-state index is 0. The van der Waals surface area contributed by atoms with Crippen molar-refractivity contribution >= 4 is 7.60 Å². The third kappa shape index (κ3) is 26.6. The summed E-state index contributed by atoms with van der Waals surface area (Å²) in [7, 11) is -3.59. The number of unbranched alkanes of at least 4 members (excludes halogenated alkanes) is 18. The van der Waals surface area contributed by atoms with Crippen LogP contribution in [0, 0.1) is 0 Å². The summed E-state index contributed by atoms with van der Waals surface area (Å²) < 4.78 is 17.1. The summed E-state index contributed by atoms with van der Waals surface area (Å²) in [6.45, 7) is 4.88. The van der Waals surface area contributed by atoms with E-state index in [0.29, 0.717) is 6.61 Å². The Bertz CT molecular complexity index is 353. The van der Waals surface area contributed by atoms with Crippen LogP contribution >= 0.6 is 7.60 Å². The van der Waals surface area contributed by atoms with E-state index in [4.69, 9.17) is 4.52 Å². The van der Waals surface area contributed by atoms with Crippen LogP contribution in [0.1, 0.15) is 142 Å². The van der Waals surface area contributed by atoms with Crippen molar-refractivity contribution in [1.29, 1.82) is 0 Å². The SMILES string of the molecule is CCCCCCCCCCCCOP(=O)([O-])CCCCCCCCCCCC.[Cr+2]. The molecule has 0 aliphatic rings. The van der Waals surface area contributed by atoms with Crippen LogP contribution in [0.15, 0.2) is 0 Å². The van der Waals surface area contributed by atoms with Gasteiger partial charge < -0.3 is 14.0 Å². The smallest absolute Gasteiger partial charge is 0.778 e. The van der Waals surface area contributed by atoms with Crippen molar-refractivity contribution < 1.29 is 31.3 Å². The second-order valence-electron chi connectivity index (χ2n) is 8.53. The van der Waals surface area contributed by atoms with Crippen molar-refractivity contribution in [3.8, 4) is 0 Å². The molecule has 0 fully saturated rings. The van der Waals surface area contributed by atoms with E-state index in [9.17, 15) is 9.46 Å². The van der Waals surface area contributed by atoms with E-state index >= 15 is 0 Å². The Morgan fingerprint density at radius 3 is 1.24 bits per heavy atom. The fraction of sp³-hybridized carbons (Fsp3) is 1.00. The van der Waals surface area contributed by atoms with Gasteiger partial charge in [-0.2, -0.15) is 0 Å². The van der Waals surface area contributed by atoms with Crippen molar-refractivity contribution in [1.82, 2.24) is 0 Å². The quantitative estimate of drug-likeness (QED) is 0.111. The molecule has 0 saturated heterocycles. The van der Waals surface area contributed by atoms with Gasteiger partial charge in [0.05, 0.1) is 6.61 Å². The molecule has 29 heavy (non-hydrogen) atoms. The van der Waals surface area contributed by atoms with Crippen molar-refractivity contribution in [2.75, 3.05) is 12.8 Å². The maximum Gasteiger partial charge on any atom is 2.00 e. The first-order valence-electron chi connectivity index (χ1n) is 12.6. The average Bonchev–Trinajstić information content (AvgIpc) is 2.67. The molecule has 1 atom stereocenters.